The van der Waals surface area contributed by atoms with Crippen LogP contribution in [0.25, 0.3) is 0 Å². The van der Waals surface area contributed by atoms with Gasteiger partial charge in [-0.15, -0.1) is 0 Å². The summed E-state index contributed by atoms with van der Waals surface area (Å²) in [5.74, 6) is -0.638. The van der Waals surface area contributed by atoms with E-state index in [0.717, 1.165) is 9.87 Å². The third-order valence-electron chi connectivity index (χ3n) is 6.29. The Balaban J connectivity index is 2.13. The van der Waals surface area contributed by atoms with Gasteiger partial charge in [0.25, 0.3) is 10.0 Å². The van der Waals surface area contributed by atoms with Crippen molar-refractivity contribution in [3.8, 4) is 5.75 Å². The molecule has 0 aliphatic heterocycles. The zero-order chi connectivity index (χ0) is 29.4. The fourth-order valence-electron chi connectivity index (χ4n) is 4.27. The number of nitrogens with zero attached hydrogens (tertiary/aromatic N) is 2. The van der Waals surface area contributed by atoms with Crippen LogP contribution in [0.1, 0.15) is 31.4 Å². The fourth-order valence-corrected chi connectivity index (χ4v) is 6.03. The first kappa shape index (κ1) is 31.3. The molecule has 1 atom stereocenters. The number of benzene rings is 3. The number of aryl methyl sites for hydroxylation is 1. The lowest BCUT2D eigenvalue weighted by molar-refractivity contribution is -0.140. The third kappa shape index (κ3) is 7.27. The summed E-state index contributed by atoms with van der Waals surface area (Å²) >= 11 is 12.3. The molecule has 0 saturated carbocycles. The van der Waals surface area contributed by atoms with Gasteiger partial charge in [0.05, 0.1) is 27.7 Å². The highest BCUT2D eigenvalue weighted by Crippen LogP contribution is 2.34. The number of rotatable bonds is 12. The number of amides is 2. The van der Waals surface area contributed by atoms with E-state index < -0.39 is 28.5 Å². The second kappa shape index (κ2) is 13.9. The smallest absolute Gasteiger partial charge is 0.264 e. The molecule has 40 heavy (non-hydrogen) atoms. The zero-order valence-electron chi connectivity index (χ0n) is 22.9. The summed E-state index contributed by atoms with van der Waals surface area (Å²) < 4.78 is 34.5. The van der Waals surface area contributed by atoms with Crippen LogP contribution in [0.4, 0.5) is 5.69 Å². The molecule has 3 aromatic rings. The average molecular weight is 607 g/mol. The first-order chi connectivity index (χ1) is 19.0. The van der Waals surface area contributed by atoms with Crippen LogP contribution in [0.5, 0.6) is 5.75 Å². The number of methoxy groups -OCH3 is 1. The first-order valence-corrected chi connectivity index (χ1v) is 15.0. The molecule has 0 aliphatic carbocycles. The number of ether oxygens (including phenoxy) is 1. The molecular weight excluding hydrogens is 573 g/mol. The van der Waals surface area contributed by atoms with Crippen LogP contribution in [0.3, 0.4) is 0 Å². The minimum Gasteiger partial charge on any atom is -0.495 e. The molecule has 3 rings (SSSR count). The summed E-state index contributed by atoms with van der Waals surface area (Å²) in [6.45, 7) is 5.20. The van der Waals surface area contributed by atoms with E-state index >= 15 is 0 Å². The fraction of sp³-hybridized carbons (Fsp3) is 0.310. The number of sulfonamides is 1. The van der Waals surface area contributed by atoms with E-state index in [0.29, 0.717) is 28.6 Å². The molecule has 0 heterocycles. The molecule has 0 unspecified atom stereocenters. The van der Waals surface area contributed by atoms with Crippen molar-refractivity contribution >= 4 is 50.7 Å². The lowest BCUT2D eigenvalue weighted by atomic mass is 10.1. The summed E-state index contributed by atoms with van der Waals surface area (Å²) in [6.07, 6.45) is 0.304. The van der Waals surface area contributed by atoms with Crippen molar-refractivity contribution in [2.45, 2.75) is 44.7 Å². The summed E-state index contributed by atoms with van der Waals surface area (Å²) in [6, 6.07) is 17.0. The molecule has 0 radical (unpaired) electrons. The molecule has 8 nitrogen and oxygen atoms in total. The Hall–Kier alpha value is -3.27. The highest BCUT2D eigenvalue weighted by molar-refractivity contribution is 7.92. The van der Waals surface area contributed by atoms with Crippen molar-refractivity contribution in [2.75, 3.05) is 24.5 Å². The SMILES string of the molecule is CCNC(=O)[C@@H](CC)N(Cc1ccc(Cl)c(Cl)c1)C(=O)CN(c1cc(C)ccc1OC)S(=O)(=O)c1ccccc1. The van der Waals surface area contributed by atoms with Gasteiger partial charge in [-0.25, -0.2) is 8.42 Å². The Morgan fingerprint density at radius 1 is 0.975 bits per heavy atom. The normalized spacial score (nSPS) is 11.9. The van der Waals surface area contributed by atoms with Gasteiger partial charge in [-0.05, 0) is 67.8 Å². The molecule has 0 saturated heterocycles. The third-order valence-corrected chi connectivity index (χ3v) is 8.80. The minimum atomic E-state index is -4.21. The second-order valence-corrected chi connectivity index (χ2v) is 11.8. The lowest BCUT2D eigenvalue weighted by Gasteiger charge is -2.33. The Labute approximate surface area is 245 Å². The molecule has 0 aromatic heterocycles. The molecule has 2 amide bonds. The van der Waals surface area contributed by atoms with Gasteiger partial charge in [0.15, 0.2) is 0 Å². The lowest BCUT2D eigenvalue weighted by Crippen LogP contribution is -2.52. The molecule has 214 valence electrons. The number of likely N-dealkylation sites (N-methyl/N-ethyl adjacent to an activating group) is 1. The van der Waals surface area contributed by atoms with E-state index in [1.54, 1.807) is 68.4 Å². The van der Waals surface area contributed by atoms with Crippen molar-refractivity contribution in [3.05, 3.63) is 87.9 Å². The number of hydrogen-bond acceptors (Lipinski definition) is 5. The van der Waals surface area contributed by atoms with Gasteiger partial charge in [-0.3, -0.25) is 13.9 Å². The number of halogens is 2. The molecule has 0 spiro atoms. The quantitative estimate of drug-likeness (QED) is 0.296. The molecule has 1 N–H and O–H groups in total. The maximum atomic E-state index is 14.1. The van der Waals surface area contributed by atoms with Crippen molar-refractivity contribution in [1.29, 1.82) is 0 Å². The maximum Gasteiger partial charge on any atom is 0.264 e. The predicted molar refractivity (Wildman–Crippen MR) is 158 cm³/mol. The van der Waals surface area contributed by atoms with Crippen LogP contribution >= 0.6 is 23.2 Å². The standard InChI is InChI=1S/C29H33Cl2N3O5S/c1-5-25(29(36)32-6-2)33(18-21-13-14-23(30)24(31)17-21)28(35)19-34(26-16-20(3)12-15-27(26)39-4)40(37,38)22-10-8-7-9-11-22/h7-17,25H,5-6,18-19H2,1-4H3,(H,32,36)/t25-/m1/s1. The van der Waals surface area contributed by atoms with Crippen molar-refractivity contribution in [2.24, 2.45) is 0 Å². The van der Waals surface area contributed by atoms with E-state index in [9.17, 15) is 18.0 Å². The van der Waals surface area contributed by atoms with Crippen molar-refractivity contribution < 1.29 is 22.7 Å². The van der Waals surface area contributed by atoms with E-state index in [4.69, 9.17) is 27.9 Å². The van der Waals surface area contributed by atoms with E-state index in [1.165, 1.54) is 24.1 Å². The minimum absolute atomic E-state index is 0.00946. The highest BCUT2D eigenvalue weighted by atomic mass is 35.5. The zero-order valence-corrected chi connectivity index (χ0v) is 25.2. The Kier molecular flexibility index (Phi) is 10.8. The number of carbonyl (C=O) groups is 2. The van der Waals surface area contributed by atoms with Crippen LogP contribution < -0.4 is 14.4 Å². The van der Waals surface area contributed by atoms with E-state index in [2.05, 4.69) is 5.32 Å². The van der Waals surface area contributed by atoms with Gasteiger partial charge in [-0.1, -0.05) is 60.5 Å². The first-order valence-electron chi connectivity index (χ1n) is 12.8. The van der Waals surface area contributed by atoms with E-state index in [1.807, 2.05) is 6.92 Å². The van der Waals surface area contributed by atoms with Crippen molar-refractivity contribution in [3.63, 3.8) is 0 Å². The average Bonchev–Trinajstić information content (AvgIpc) is 2.94. The summed E-state index contributed by atoms with van der Waals surface area (Å²) in [5, 5.41) is 3.43. The van der Waals surface area contributed by atoms with Gasteiger partial charge in [0, 0.05) is 13.1 Å². The predicted octanol–water partition coefficient (Wildman–Crippen LogP) is 5.45. The number of carbonyl (C=O) groups excluding carboxylic acids is 2. The molecule has 0 fully saturated rings. The second-order valence-electron chi connectivity index (χ2n) is 9.09. The van der Waals surface area contributed by atoms with Crippen LogP contribution in [-0.4, -0.2) is 51.4 Å². The molecule has 0 aliphatic rings. The van der Waals surface area contributed by atoms with E-state index in [-0.39, 0.29) is 28.8 Å². The summed E-state index contributed by atoms with van der Waals surface area (Å²) in [4.78, 5) is 28.5. The number of nitrogens with one attached hydrogen (secondary N) is 1. The summed E-state index contributed by atoms with van der Waals surface area (Å²) in [5.41, 5.74) is 1.62. The van der Waals surface area contributed by atoms with Gasteiger partial charge in [0.1, 0.15) is 18.3 Å². The Morgan fingerprint density at radius 2 is 1.68 bits per heavy atom. The Bertz CT molecular complexity index is 1450. The molecular formula is C29H33Cl2N3O5S. The molecule has 0 bridgehead atoms. The van der Waals surface area contributed by atoms with Crippen LogP contribution in [0, 0.1) is 6.92 Å². The van der Waals surface area contributed by atoms with Crippen LogP contribution in [0.2, 0.25) is 10.0 Å². The van der Waals surface area contributed by atoms with Gasteiger partial charge < -0.3 is 15.0 Å². The largest absolute Gasteiger partial charge is 0.495 e. The highest BCUT2D eigenvalue weighted by Gasteiger charge is 2.34. The maximum absolute atomic E-state index is 14.1. The van der Waals surface area contributed by atoms with Gasteiger partial charge in [0.2, 0.25) is 11.8 Å². The number of hydrogen-bond donors (Lipinski definition) is 1. The molecule has 11 heteroatoms. The Morgan fingerprint density at radius 3 is 2.27 bits per heavy atom. The summed E-state index contributed by atoms with van der Waals surface area (Å²) in [7, 11) is -2.78. The molecule has 3 aromatic carbocycles. The van der Waals surface area contributed by atoms with Crippen LogP contribution in [-0.2, 0) is 26.2 Å². The number of anilines is 1. The van der Waals surface area contributed by atoms with Gasteiger partial charge >= 0.3 is 0 Å². The van der Waals surface area contributed by atoms with Crippen LogP contribution in [0.15, 0.2) is 71.6 Å². The van der Waals surface area contributed by atoms with Gasteiger partial charge in [-0.2, -0.15) is 0 Å². The topological polar surface area (TPSA) is 96.0 Å². The monoisotopic (exact) mass is 605 g/mol. The van der Waals surface area contributed by atoms with Crippen molar-refractivity contribution in [1.82, 2.24) is 10.2 Å².